The maximum Gasteiger partial charge on any atom is 0.248 e. The average molecular weight is 324 g/mol. The first kappa shape index (κ1) is 16.4. The Morgan fingerprint density at radius 2 is 2.04 bits per heavy atom. The third kappa shape index (κ3) is 3.70. The van der Waals surface area contributed by atoms with Crippen LogP contribution in [0, 0.1) is 12.8 Å². The van der Waals surface area contributed by atoms with Gasteiger partial charge in [0.1, 0.15) is 11.5 Å². The smallest absolute Gasteiger partial charge is 0.248 e. The number of nitrogens with one attached hydrogen (secondary N) is 1. The number of amides is 1. The summed E-state index contributed by atoms with van der Waals surface area (Å²) < 4.78 is 5.77. The van der Waals surface area contributed by atoms with Crippen molar-refractivity contribution in [3.63, 3.8) is 0 Å². The Morgan fingerprint density at radius 1 is 1.29 bits per heavy atom. The van der Waals surface area contributed by atoms with Gasteiger partial charge in [0.15, 0.2) is 0 Å². The highest BCUT2D eigenvalue weighted by molar-refractivity contribution is 6.02. The number of benzene rings is 1. The maximum atomic E-state index is 12.1. The lowest BCUT2D eigenvalue weighted by molar-refractivity contribution is -0.111. The Hall–Kier alpha value is -2.49. The molecule has 0 saturated heterocycles. The normalized spacial score (nSPS) is 19.5. The van der Waals surface area contributed by atoms with Crippen molar-refractivity contribution >= 4 is 23.4 Å². The number of furan rings is 1. The molecule has 0 spiro atoms. The van der Waals surface area contributed by atoms with Gasteiger partial charge in [-0.25, -0.2) is 0 Å². The number of hydrogen-bond donors (Lipinski definition) is 1. The van der Waals surface area contributed by atoms with Crippen molar-refractivity contribution in [2.75, 3.05) is 24.3 Å². The molecule has 24 heavy (non-hydrogen) atoms. The molecule has 4 nitrogen and oxygen atoms in total. The molecule has 1 heterocycles. The highest BCUT2D eigenvalue weighted by atomic mass is 16.3. The molecular formula is C20H24N2O2. The van der Waals surface area contributed by atoms with E-state index in [2.05, 4.69) is 18.3 Å². The lowest BCUT2D eigenvalue weighted by atomic mass is 10.1. The topological polar surface area (TPSA) is 45.5 Å². The van der Waals surface area contributed by atoms with Gasteiger partial charge in [0.05, 0.1) is 0 Å². The van der Waals surface area contributed by atoms with Gasteiger partial charge >= 0.3 is 0 Å². The van der Waals surface area contributed by atoms with Crippen LogP contribution in [0.4, 0.5) is 11.4 Å². The summed E-state index contributed by atoms with van der Waals surface area (Å²) in [6.45, 7) is 4.21. The van der Waals surface area contributed by atoms with E-state index in [4.69, 9.17) is 4.42 Å². The van der Waals surface area contributed by atoms with Crippen molar-refractivity contribution in [2.45, 2.75) is 26.2 Å². The third-order valence-electron chi connectivity index (χ3n) is 4.51. The summed E-state index contributed by atoms with van der Waals surface area (Å²) in [7, 11) is 3.99. The molecule has 1 fully saturated rings. The zero-order chi connectivity index (χ0) is 17.3. The number of aryl methyl sites for hydroxylation is 1. The van der Waals surface area contributed by atoms with Crippen molar-refractivity contribution in [3.8, 4) is 0 Å². The number of rotatable bonds is 5. The summed E-state index contributed by atoms with van der Waals surface area (Å²) in [5, 5.41) is 2.91. The molecule has 2 aromatic rings. The van der Waals surface area contributed by atoms with Gasteiger partial charge in [-0.1, -0.05) is 6.92 Å². The average Bonchev–Trinajstić information content (AvgIpc) is 3.08. The van der Waals surface area contributed by atoms with Gasteiger partial charge in [-0.3, -0.25) is 4.79 Å². The molecule has 0 aliphatic heterocycles. The number of carbonyl (C=O) groups excluding carboxylic acids is 1. The molecule has 2 atom stereocenters. The van der Waals surface area contributed by atoms with Crippen LogP contribution in [0.2, 0.25) is 0 Å². The Bertz CT molecular complexity index is 774. The van der Waals surface area contributed by atoms with Crippen LogP contribution in [0.25, 0.3) is 6.08 Å². The fourth-order valence-electron chi connectivity index (χ4n) is 2.77. The molecule has 3 rings (SSSR count). The summed E-state index contributed by atoms with van der Waals surface area (Å²) in [6.07, 6.45) is 4.42. The van der Waals surface area contributed by atoms with Gasteiger partial charge in [-0.2, -0.15) is 0 Å². The molecule has 1 saturated carbocycles. The SMILES string of the molecule is Cc1cc(N(C)C)ccc1NC(=O)/C=C\c1ccc([C@@H]2C[C@H]2C)o1. The van der Waals surface area contributed by atoms with Crippen LogP contribution in [0.5, 0.6) is 0 Å². The summed E-state index contributed by atoms with van der Waals surface area (Å²) in [5.41, 5.74) is 2.96. The monoisotopic (exact) mass is 324 g/mol. The van der Waals surface area contributed by atoms with E-state index in [-0.39, 0.29) is 5.91 Å². The molecule has 1 aliphatic rings. The Labute approximate surface area is 143 Å². The predicted molar refractivity (Wildman–Crippen MR) is 98.4 cm³/mol. The van der Waals surface area contributed by atoms with E-state index in [1.165, 1.54) is 12.5 Å². The summed E-state index contributed by atoms with van der Waals surface area (Å²) >= 11 is 0. The molecular weight excluding hydrogens is 300 g/mol. The zero-order valence-electron chi connectivity index (χ0n) is 14.7. The van der Waals surface area contributed by atoms with E-state index in [1.54, 1.807) is 6.08 Å². The molecule has 0 radical (unpaired) electrons. The van der Waals surface area contributed by atoms with Gasteiger partial charge in [0.25, 0.3) is 0 Å². The molecule has 0 bridgehead atoms. The third-order valence-corrected chi connectivity index (χ3v) is 4.51. The van der Waals surface area contributed by atoms with Crippen LogP contribution in [0.1, 0.15) is 36.3 Å². The van der Waals surface area contributed by atoms with Crippen molar-refractivity contribution in [2.24, 2.45) is 5.92 Å². The second kappa shape index (κ2) is 6.56. The predicted octanol–water partition coefficient (Wildman–Crippen LogP) is 4.43. The van der Waals surface area contributed by atoms with Crippen LogP contribution in [0.15, 0.2) is 40.8 Å². The van der Waals surface area contributed by atoms with E-state index in [0.29, 0.717) is 11.8 Å². The second-order valence-electron chi connectivity index (χ2n) is 6.78. The molecule has 1 aromatic carbocycles. The molecule has 1 amide bonds. The van der Waals surface area contributed by atoms with E-state index < -0.39 is 0 Å². The largest absolute Gasteiger partial charge is 0.461 e. The van der Waals surface area contributed by atoms with Crippen molar-refractivity contribution in [1.82, 2.24) is 0 Å². The lowest BCUT2D eigenvalue weighted by Crippen LogP contribution is -2.11. The fourth-order valence-corrected chi connectivity index (χ4v) is 2.77. The van der Waals surface area contributed by atoms with Crippen molar-refractivity contribution < 1.29 is 9.21 Å². The van der Waals surface area contributed by atoms with Gasteiger partial charge in [0, 0.05) is 37.5 Å². The highest BCUT2D eigenvalue weighted by Crippen LogP contribution is 2.47. The minimum Gasteiger partial charge on any atom is -0.461 e. The standard InChI is InChI=1S/C20H24N2O2/c1-13-12-17(13)19-9-6-16(24-19)7-10-20(23)21-18-8-5-15(22(3)4)11-14(18)2/h5-11,13,17H,12H2,1-4H3,(H,21,23)/b10-7-/t13-,17-/m1/s1. The zero-order valence-corrected chi connectivity index (χ0v) is 14.7. The Balaban J connectivity index is 1.62. The first-order valence-electron chi connectivity index (χ1n) is 8.31. The second-order valence-corrected chi connectivity index (χ2v) is 6.78. The van der Waals surface area contributed by atoms with Crippen LogP contribution in [-0.2, 0) is 4.79 Å². The van der Waals surface area contributed by atoms with Gasteiger partial charge in [-0.15, -0.1) is 0 Å². The van der Waals surface area contributed by atoms with Gasteiger partial charge in [0.2, 0.25) is 5.91 Å². The van der Waals surface area contributed by atoms with Gasteiger partial charge < -0.3 is 14.6 Å². The highest BCUT2D eigenvalue weighted by Gasteiger charge is 2.36. The molecule has 1 aliphatic carbocycles. The van der Waals surface area contributed by atoms with Crippen LogP contribution >= 0.6 is 0 Å². The molecule has 1 aromatic heterocycles. The summed E-state index contributed by atoms with van der Waals surface area (Å²) in [6, 6.07) is 9.89. The summed E-state index contributed by atoms with van der Waals surface area (Å²) in [4.78, 5) is 14.1. The van der Waals surface area contributed by atoms with E-state index in [9.17, 15) is 4.79 Å². The lowest BCUT2D eigenvalue weighted by Gasteiger charge is -2.15. The summed E-state index contributed by atoms with van der Waals surface area (Å²) in [5.74, 6) is 2.85. The minimum absolute atomic E-state index is 0.159. The fraction of sp³-hybridized carbons (Fsp3) is 0.350. The number of nitrogens with zero attached hydrogens (tertiary/aromatic N) is 1. The van der Waals surface area contributed by atoms with Crippen molar-refractivity contribution in [1.29, 1.82) is 0 Å². The molecule has 126 valence electrons. The number of hydrogen-bond acceptors (Lipinski definition) is 3. The van der Waals surface area contributed by atoms with E-state index in [1.807, 2.05) is 50.2 Å². The first-order chi connectivity index (χ1) is 11.4. The first-order valence-corrected chi connectivity index (χ1v) is 8.31. The Kier molecular flexibility index (Phi) is 4.47. The number of anilines is 2. The maximum absolute atomic E-state index is 12.1. The van der Waals surface area contributed by atoms with Gasteiger partial charge in [-0.05, 0) is 61.2 Å². The Morgan fingerprint density at radius 3 is 2.67 bits per heavy atom. The number of carbonyl (C=O) groups is 1. The van der Waals surface area contributed by atoms with E-state index in [0.717, 1.165) is 28.5 Å². The molecule has 4 heteroatoms. The quantitative estimate of drug-likeness (QED) is 0.828. The minimum atomic E-state index is -0.159. The van der Waals surface area contributed by atoms with Crippen molar-refractivity contribution in [3.05, 3.63) is 53.5 Å². The van der Waals surface area contributed by atoms with Crippen LogP contribution in [0.3, 0.4) is 0 Å². The molecule has 1 N–H and O–H groups in total. The van der Waals surface area contributed by atoms with Crippen LogP contribution in [-0.4, -0.2) is 20.0 Å². The van der Waals surface area contributed by atoms with Crippen LogP contribution < -0.4 is 10.2 Å². The molecule has 0 unspecified atom stereocenters. The van der Waals surface area contributed by atoms with E-state index >= 15 is 0 Å².